The lowest BCUT2D eigenvalue weighted by atomic mass is 9.95. The van der Waals surface area contributed by atoms with E-state index in [4.69, 9.17) is 4.42 Å². The van der Waals surface area contributed by atoms with E-state index in [0.717, 1.165) is 11.3 Å². The van der Waals surface area contributed by atoms with Crippen molar-refractivity contribution in [3.8, 4) is 22.9 Å². The van der Waals surface area contributed by atoms with Crippen LogP contribution in [-0.2, 0) is 14.8 Å². The van der Waals surface area contributed by atoms with Gasteiger partial charge in [-0.1, -0.05) is 32.9 Å². The van der Waals surface area contributed by atoms with Gasteiger partial charge in [-0.2, -0.15) is 0 Å². The van der Waals surface area contributed by atoms with Crippen LogP contribution >= 0.6 is 0 Å². The van der Waals surface area contributed by atoms with Crippen molar-refractivity contribution in [2.75, 3.05) is 29.0 Å². The number of nitrogens with one attached hydrogen (secondary N) is 2. The van der Waals surface area contributed by atoms with Gasteiger partial charge in [-0.3, -0.25) is 9.52 Å². The highest BCUT2D eigenvalue weighted by atomic mass is 32.2. The van der Waals surface area contributed by atoms with E-state index in [2.05, 4.69) is 20.2 Å². The molecular formula is C27H29N5O4S. The molecule has 4 rings (SSSR count). The Kier molecular flexibility index (Phi) is 7.04. The Labute approximate surface area is 216 Å². The predicted octanol–water partition coefficient (Wildman–Crippen LogP) is 5.26. The number of rotatable bonds is 7. The van der Waals surface area contributed by atoms with Crippen molar-refractivity contribution in [3.63, 3.8) is 0 Å². The molecule has 192 valence electrons. The summed E-state index contributed by atoms with van der Waals surface area (Å²) in [7, 11) is 0.0271. The maximum absolute atomic E-state index is 13.0. The molecule has 1 amide bonds. The highest BCUT2D eigenvalue weighted by Crippen LogP contribution is 2.28. The lowest BCUT2D eigenvalue weighted by molar-refractivity contribution is -0.123. The van der Waals surface area contributed by atoms with Gasteiger partial charge in [0.1, 0.15) is 0 Å². The Morgan fingerprint density at radius 3 is 2.11 bits per heavy atom. The number of carbonyl (C=O) groups is 1. The van der Waals surface area contributed by atoms with Gasteiger partial charge in [-0.25, -0.2) is 8.42 Å². The van der Waals surface area contributed by atoms with Crippen molar-refractivity contribution in [1.82, 2.24) is 10.2 Å². The van der Waals surface area contributed by atoms with Crippen molar-refractivity contribution < 1.29 is 17.6 Å². The summed E-state index contributed by atoms with van der Waals surface area (Å²) in [5.41, 5.74) is 2.63. The zero-order chi connectivity index (χ0) is 26.8. The van der Waals surface area contributed by atoms with Crippen LogP contribution in [0.4, 0.5) is 17.1 Å². The molecule has 10 heteroatoms. The minimum absolute atomic E-state index is 0.0683. The molecule has 0 bridgehead atoms. The lowest BCUT2D eigenvalue weighted by Crippen LogP contribution is -2.27. The number of anilines is 3. The second-order valence-corrected chi connectivity index (χ2v) is 11.5. The summed E-state index contributed by atoms with van der Waals surface area (Å²) in [5, 5.41) is 11.1. The summed E-state index contributed by atoms with van der Waals surface area (Å²) >= 11 is 0. The number of amides is 1. The zero-order valence-electron chi connectivity index (χ0n) is 21.3. The summed E-state index contributed by atoms with van der Waals surface area (Å²) < 4.78 is 34.3. The van der Waals surface area contributed by atoms with Crippen LogP contribution in [0.25, 0.3) is 22.9 Å². The number of nitrogens with zero attached hydrogens (tertiary/aromatic N) is 3. The van der Waals surface area contributed by atoms with Crippen LogP contribution in [0.1, 0.15) is 20.8 Å². The molecule has 0 aliphatic carbocycles. The van der Waals surface area contributed by atoms with Crippen molar-refractivity contribution >= 4 is 33.0 Å². The highest BCUT2D eigenvalue weighted by molar-refractivity contribution is 7.92. The fourth-order valence-corrected chi connectivity index (χ4v) is 4.39. The lowest BCUT2D eigenvalue weighted by Gasteiger charge is -2.18. The topological polar surface area (TPSA) is 117 Å². The molecule has 3 aromatic carbocycles. The number of hydrogen-bond donors (Lipinski definition) is 2. The SMILES string of the molecule is CN(C)c1cccc(-c2nnc(-c3ccc(S(=O)(=O)Nc4cccc(NC(=O)C(C)(C)C)c4)cc3)o2)c1. The van der Waals surface area contributed by atoms with Gasteiger partial charge in [0, 0.05) is 42.0 Å². The van der Waals surface area contributed by atoms with Gasteiger partial charge in [-0.15, -0.1) is 10.2 Å². The first-order chi connectivity index (χ1) is 17.4. The van der Waals surface area contributed by atoms with Crippen LogP contribution in [-0.4, -0.2) is 38.6 Å². The van der Waals surface area contributed by atoms with Crippen molar-refractivity contribution in [2.24, 2.45) is 5.41 Å². The fraction of sp³-hybridized carbons (Fsp3) is 0.222. The van der Waals surface area contributed by atoms with Crippen molar-refractivity contribution in [1.29, 1.82) is 0 Å². The highest BCUT2D eigenvalue weighted by Gasteiger charge is 2.22. The van der Waals surface area contributed by atoms with Gasteiger partial charge in [0.2, 0.25) is 17.7 Å². The van der Waals surface area contributed by atoms with E-state index in [1.165, 1.54) is 12.1 Å². The summed E-state index contributed by atoms with van der Waals surface area (Å²) in [5.74, 6) is 0.484. The van der Waals surface area contributed by atoms with Gasteiger partial charge in [0.25, 0.3) is 10.0 Å². The van der Waals surface area contributed by atoms with Gasteiger partial charge in [-0.05, 0) is 60.7 Å². The van der Waals surface area contributed by atoms with E-state index in [-0.39, 0.29) is 16.7 Å². The second-order valence-electron chi connectivity index (χ2n) is 9.77. The molecule has 1 heterocycles. The summed E-state index contributed by atoms with van der Waals surface area (Å²) in [6, 6.07) is 20.4. The number of aromatic nitrogens is 2. The summed E-state index contributed by atoms with van der Waals surface area (Å²) in [6.45, 7) is 5.41. The average molecular weight is 520 g/mol. The number of sulfonamides is 1. The molecule has 0 radical (unpaired) electrons. The van der Waals surface area contributed by atoms with Gasteiger partial charge >= 0.3 is 0 Å². The maximum atomic E-state index is 13.0. The molecule has 0 unspecified atom stereocenters. The van der Waals surface area contributed by atoms with Crippen LogP contribution in [0.5, 0.6) is 0 Å². The first kappa shape index (κ1) is 25.9. The van der Waals surface area contributed by atoms with Gasteiger partial charge < -0.3 is 14.6 Å². The quantitative estimate of drug-likeness (QED) is 0.342. The summed E-state index contributed by atoms with van der Waals surface area (Å²) in [6.07, 6.45) is 0. The summed E-state index contributed by atoms with van der Waals surface area (Å²) in [4.78, 5) is 14.3. The predicted molar refractivity (Wildman–Crippen MR) is 145 cm³/mol. The largest absolute Gasteiger partial charge is 0.416 e. The first-order valence-electron chi connectivity index (χ1n) is 11.6. The van der Waals surface area contributed by atoms with E-state index >= 15 is 0 Å². The van der Waals surface area contributed by atoms with E-state index in [1.54, 1.807) is 57.2 Å². The normalized spacial score (nSPS) is 11.7. The molecule has 0 spiro atoms. The molecule has 4 aromatic rings. The molecule has 0 aliphatic heterocycles. The zero-order valence-corrected chi connectivity index (χ0v) is 22.1. The molecule has 0 aliphatic rings. The van der Waals surface area contributed by atoms with Crippen LogP contribution in [0, 0.1) is 5.41 Å². The smallest absolute Gasteiger partial charge is 0.261 e. The Bertz CT molecular complexity index is 1520. The molecular weight excluding hydrogens is 490 g/mol. The van der Waals surface area contributed by atoms with Gasteiger partial charge in [0.05, 0.1) is 10.6 Å². The van der Waals surface area contributed by atoms with E-state index in [0.29, 0.717) is 22.8 Å². The van der Waals surface area contributed by atoms with Crippen LogP contribution in [0.3, 0.4) is 0 Å². The van der Waals surface area contributed by atoms with E-state index < -0.39 is 15.4 Å². The van der Waals surface area contributed by atoms with Crippen LogP contribution < -0.4 is 14.9 Å². The van der Waals surface area contributed by atoms with E-state index in [1.807, 2.05) is 43.3 Å². The maximum Gasteiger partial charge on any atom is 0.261 e. The minimum atomic E-state index is -3.87. The minimum Gasteiger partial charge on any atom is -0.416 e. The number of carbonyl (C=O) groups excluding carboxylic acids is 1. The van der Waals surface area contributed by atoms with Crippen LogP contribution in [0.2, 0.25) is 0 Å². The fourth-order valence-electron chi connectivity index (χ4n) is 3.34. The molecule has 1 aromatic heterocycles. The monoisotopic (exact) mass is 519 g/mol. The molecule has 2 N–H and O–H groups in total. The first-order valence-corrected chi connectivity index (χ1v) is 13.1. The standard InChI is InChI=1S/C27H29N5O4S/c1-27(2,3)26(33)28-20-9-7-10-21(17-20)31-37(34,35)23-14-12-18(13-15-23)24-29-30-25(36-24)19-8-6-11-22(16-19)32(4)5/h6-17,31H,1-5H3,(H,28,33). The number of benzene rings is 3. The molecule has 0 saturated carbocycles. The van der Waals surface area contributed by atoms with Crippen molar-refractivity contribution in [3.05, 3.63) is 72.8 Å². The third-order valence-electron chi connectivity index (χ3n) is 5.50. The van der Waals surface area contributed by atoms with Crippen molar-refractivity contribution in [2.45, 2.75) is 25.7 Å². The Balaban J connectivity index is 1.49. The van der Waals surface area contributed by atoms with E-state index in [9.17, 15) is 13.2 Å². The average Bonchev–Trinajstić information content (AvgIpc) is 3.34. The van der Waals surface area contributed by atoms with Gasteiger partial charge in [0.15, 0.2) is 0 Å². The number of hydrogen-bond acceptors (Lipinski definition) is 7. The molecule has 0 saturated heterocycles. The molecule has 9 nitrogen and oxygen atoms in total. The Morgan fingerprint density at radius 1 is 0.838 bits per heavy atom. The Morgan fingerprint density at radius 2 is 1.46 bits per heavy atom. The van der Waals surface area contributed by atoms with Crippen LogP contribution in [0.15, 0.2) is 82.1 Å². The second kappa shape index (κ2) is 10.1. The molecule has 37 heavy (non-hydrogen) atoms. The third-order valence-corrected chi connectivity index (χ3v) is 6.90. The Hall–Kier alpha value is -4.18. The third kappa shape index (κ3) is 6.15. The molecule has 0 atom stereocenters. The molecule has 0 fully saturated rings.